The molecule has 5 rings (SSSR count). The lowest BCUT2D eigenvalue weighted by molar-refractivity contribution is -0.385. The lowest BCUT2D eigenvalue weighted by atomic mass is 10.2. The number of morpholine rings is 2. The van der Waals surface area contributed by atoms with E-state index in [1.54, 1.807) is 19.2 Å². The van der Waals surface area contributed by atoms with Gasteiger partial charge >= 0.3 is 11.4 Å². The zero-order valence-corrected chi connectivity index (χ0v) is 24.8. The number of hydrogen-bond donors (Lipinski definition) is 1. The van der Waals surface area contributed by atoms with Crippen molar-refractivity contribution in [2.24, 2.45) is 0 Å². The molecule has 0 aromatic heterocycles. The van der Waals surface area contributed by atoms with Crippen molar-refractivity contribution < 1.29 is 37.9 Å². The zero-order valence-electron chi connectivity index (χ0n) is 24.8. The van der Waals surface area contributed by atoms with Gasteiger partial charge in [-0.2, -0.15) is 0 Å². The number of methoxy groups -OCH3 is 3. The molecule has 0 amide bonds. The minimum atomic E-state index is -0.627. The fourth-order valence-corrected chi connectivity index (χ4v) is 4.36. The summed E-state index contributed by atoms with van der Waals surface area (Å²) < 4.78 is 37.9. The van der Waals surface area contributed by atoms with Crippen LogP contribution in [0.2, 0.25) is 0 Å². The van der Waals surface area contributed by atoms with Crippen molar-refractivity contribution in [2.75, 3.05) is 89.5 Å². The van der Waals surface area contributed by atoms with Gasteiger partial charge in [-0.05, 0) is 24.3 Å². The summed E-state index contributed by atoms with van der Waals surface area (Å²) in [5, 5.41) is 21.1. The Balaban J connectivity index is 0.000000183. The molecule has 2 saturated heterocycles. The first-order valence-corrected chi connectivity index (χ1v) is 13.6. The summed E-state index contributed by atoms with van der Waals surface area (Å²) in [5.41, 5.74) is 8.26. The highest BCUT2D eigenvalue weighted by molar-refractivity contribution is 5.62. The van der Waals surface area contributed by atoms with Gasteiger partial charge in [0.25, 0.3) is 0 Å². The van der Waals surface area contributed by atoms with Gasteiger partial charge in [0.15, 0.2) is 11.5 Å². The van der Waals surface area contributed by atoms with Crippen LogP contribution >= 0.6 is 0 Å². The molecule has 0 unspecified atom stereocenters. The number of rotatable bonds is 7. The fourth-order valence-electron chi connectivity index (χ4n) is 4.36. The summed E-state index contributed by atoms with van der Waals surface area (Å²) in [5.74, 6) is 0.399. The van der Waals surface area contributed by atoms with E-state index in [0.29, 0.717) is 24.7 Å². The van der Waals surface area contributed by atoms with Gasteiger partial charge in [-0.15, -0.1) is 0 Å². The number of benzene rings is 3. The average Bonchev–Trinajstić information content (AvgIpc) is 3.05. The maximum absolute atomic E-state index is 12.5. The number of halogens is 1. The van der Waals surface area contributed by atoms with Gasteiger partial charge in [-0.3, -0.25) is 20.2 Å². The smallest absolute Gasteiger partial charge is 0.311 e. The van der Waals surface area contributed by atoms with Crippen LogP contribution in [-0.2, 0) is 9.47 Å². The van der Waals surface area contributed by atoms with Crippen LogP contribution in [0.15, 0.2) is 54.6 Å². The van der Waals surface area contributed by atoms with E-state index in [9.17, 15) is 24.6 Å². The molecule has 3 aromatic carbocycles. The molecule has 2 aliphatic heterocycles. The first-order valence-electron chi connectivity index (χ1n) is 13.6. The largest absolute Gasteiger partial charge is 0.495 e. The first-order chi connectivity index (χ1) is 21.2. The zero-order chi connectivity index (χ0) is 32.1. The Bertz CT molecular complexity index is 1400. The van der Waals surface area contributed by atoms with Gasteiger partial charge in [-0.1, -0.05) is 0 Å². The van der Waals surface area contributed by atoms with E-state index in [1.807, 2.05) is 18.2 Å². The molecule has 15 heteroatoms. The van der Waals surface area contributed by atoms with Gasteiger partial charge in [-0.25, -0.2) is 4.39 Å². The van der Waals surface area contributed by atoms with Gasteiger partial charge in [0, 0.05) is 67.9 Å². The fraction of sp³-hybridized carbons (Fsp3) is 0.379. The second kappa shape index (κ2) is 16.7. The molecule has 0 aliphatic carbocycles. The number of nitro benzene ring substituents is 2. The van der Waals surface area contributed by atoms with E-state index in [-0.39, 0.29) is 17.1 Å². The van der Waals surface area contributed by atoms with E-state index < -0.39 is 15.7 Å². The molecule has 0 atom stereocenters. The van der Waals surface area contributed by atoms with E-state index in [0.717, 1.165) is 74.7 Å². The molecule has 238 valence electrons. The molecule has 3 aromatic rings. The van der Waals surface area contributed by atoms with Gasteiger partial charge in [0.2, 0.25) is 0 Å². The first kappa shape index (κ1) is 33.6. The highest BCUT2D eigenvalue weighted by atomic mass is 19.1. The van der Waals surface area contributed by atoms with E-state index in [4.69, 9.17) is 24.7 Å². The molecular weight excluding hydrogens is 581 g/mol. The van der Waals surface area contributed by atoms with Crippen molar-refractivity contribution in [1.29, 1.82) is 0 Å². The maximum Gasteiger partial charge on any atom is 0.311 e. The number of ether oxygens (including phenoxy) is 5. The number of nitrogens with two attached hydrogens (primary N) is 1. The number of anilines is 3. The molecule has 2 heterocycles. The molecule has 2 N–H and O–H groups in total. The van der Waals surface area contributed by atoms with Crippen LogP contribution in [0.3, 0.4) is 0 Å². The second-order valence-electron chi connectivity index (χ2n) is 9.31. The second-order valence-corrected chi connectivity index (χ2v) is 9.31. The summed E-state index contributed by atoms with van der Waals surface area (Å²) in [6.07, 6.45) is 0. The standard InChI is InChI=1S/C11H14N2O4.C11H16N2O2.C7H6FNO3/c1-16-11-8-9(2-3-10(11)13(14)15)12-4-6-17-7-5-12;1-14-11-8-9(2-3-10(11)12)13-4-6-15-7-5-13;1-12-7-4-5(8)2-3-6(7)9(10)11/h2-3,8H,4-7H2,1H3;2-3,8H,4-7,12H2,1H3;2-4H,1H3. The van der Waals surface area contributed by atoms with Crippen LogP contribution < -0.4 is 29.7 Å². The third-order valence-corrected chi connectivity index (χ3v) is 6.67. The Morgan fingerprint density at radius 1 is 0.682 bits per heavy atom. The van der Waals surface area contributed by atoms with Crippen LogP contribution in [0.1, 0.15) is 0 Å². The van der Waals surface area contributed by atoms with Crippen LogP contribution in [0.25, 0.3) is 0 Å². The SMILES string of the molecule is COc1cc(F)ccc1[N+](=O)[O-].COc1cc(N2CCOCC2)ccc1N.COc1cc(N2CCOCC2)ccc1[N+](=O)[O-]. The summed E-state index contributed by atoms with van der Waals surface area (Å²) in [7, 11) is 4.32. The molecule has 0 saturated carbocycles. The Morgan fingerprint density at radius 2 is 1.09 bits per heavy atom. The lowest BCUT2D eigenvalue weighted by Gasteiger charge is -2.29. The molecule has 0 bridgehead atoms. The van der Waals surface area contributed by atoms with Crippen molar-refractivity contribution in [3.05, 3.63) is 80.6 Å². The summed E-state index contributed by atoms with van der Waals surface area (Å²) >= 11 is 0. The van der Waals surface area contributed by atoms with Crippen molar-refractivity contribution in [3.8, 4) is 17.2 Å². The minimum Gasteiger partial charge on any atom is -0.495 e. The monoisotopic (exact) mass is 617 g/mol. The van der Waals surface area contributed by atoms with E-state index in [1.165, 1.54) is 20.3 Å². The molecule has 0 spiro atoms. The van der Waals surface area contributed by atoms with Crippen LogP contribution in [0.4, 0.5) is 32.8 Å². The molecule has 44 heavy (non-hydrogen) atoms. The molecule has 2 aliphatic rings. The maximum atomic E-state index is 12.5. The predicted molar refractivity (Wildman–Crippen MR) is 163 cm³/mol. The van der Waals surface area contributed by atoms with Crippen molar-refractivity contribution in [1.82, 2.24) is 0 Å². The highest BCUT2D eigenvalue weighted by Crippen LogP contribution is 2.32. The lowest BCUT2D eigenvalue weighted by Crippen LogP contribution is -2.36. The summed E-state index contributed by atoms with van der Waals surface area (Å²) in [6, 6.07) is 13.8. The molecule has 2 fully saturated rings. The van der Waals surface area contributed by atoms with Crippen molar-refractivity contribution >= 4 is 28.4 Å². The van der Waals surface area contributed by atoms with Crippen molar-refractivity contribution in [2.45, 2.75) is 0 Å². The van der Waals surface area contributed by atoms with Gasteiger partial charge < -0.3 is 39.2 Å². The Labute approximate surface area is 253 Å². The topological polar surface area (TPSA) is 165 Å². The van der Waals surface area contributed by atoms with Crippen LogP contribution in [0, 0.1) is 26.0 Å². The summed E-state index contributed by atoms with van der Waals surface area (Å²) in [6.45, 7) is 6.36. The Kier molecular flexibility index (Phi) is 12.7. The predicted octanol–water partition coefficient (Wildman–Crippen LogP) is 4.30. The van der Waals surface area contributed by atoms with E-state index in [2.05, 4.69) is 14.5 Å². The Morgan fingerprint density at radius 3 is 1.55 bits per heavy atom. The number of hydrogen-bond acceptors (Lipinski definition) is 12. The normalized spacial score (nSPS) is 14.3. The van der Waals surface area contributed by atoms with E-state index >= 15 is 0 Å². The van der Waals surface area contributed by atoms with Crippen LogP contribution in [0.5, 0.6) is 17.2 Å². The third kappa shape index (κ3) is 9.31. The number of nitrogen functional groups attached to an aromatic ring is 1. The van der Waals surface area contributed by atoms with Gasteiger partial charge in [0.05, 0.1) is 63.3 Å². The molecule has 14 nitrogen and oxygen atoms in total. The minimum absolute atomic E-state index is 0.00971. The number of nitro groups is 2. The van der Waals surface area contributed by atoms with Crippen LogP contribution in [-0.4, -0.2) is 83.8 Å². The quantitative estimate of drug-likeness (QED) is 0.227. The molecule has 0 radical (unpaired) electrons. The summed E-state index contributed by atoms with van der Waals surface area (Å²) in [4.78, 5) is 24.4. The number of nitrogens with zero attached hydrogens (tertiary/aromatic N) is 4. The van der Waals surface area contributed by atoms with Crippen molar-refractivity contribution in [3.63, 3.8) is 0 Å². The third-order valence-electron chi connectivity index (χ3n) is 6.67. The highest BCUT2D eigenvalue weighted by Gasteiger charge is 2.18. The molecular formula is C29H36FN5O9. The average molecular weight is 618 g/mol. The Hall–Kier alpha value is -4.89. The van der Waals surface area contributed by atoms with Gasteiger partial charge in [0.1, 0.15) is 11.6 Å².